The van der Waals surface area contributed by atoms with Crippen LogP contribution >= 0.6 is 12.4 Å². The molecule has 0 saturated carbocycles. The molecule has 0 aliphatic heterocycles. The Hall–Kier alpha value is -1.17. The first kappa shape index (κ1) is 18.8. The summed E-state index contributed by atoms with van der Waals surface area (Å²) in [6.45, 7) is 2.28. The minimum atomic E-state index is -0.259. The van der Waals surface area contributed by atoms with Gasteiger partial charge in [0.2, 0.25) is 5.91 Å². The quantitative estimate of drug-likeness (QED) is 0.826. The van der Waals surface area contributed by atoms with Gasteiger partial charge in [-0.3, -0.25) is 4.79 Å². The average Bonchev–Trinajstić information content (AvgIpc) is 2.36. The molecule has 114 valence electrons. The number of hydrogen-bond donors (Lipinski definition) is 1. The zero-order valence-electron chi connectivity index (χ0n) is 12.2. The minimum Gasteiger partial charge on any atom is -0.336 e. The third-order valence-electron chi connectivity index (χ3n) is 2.78. The SMILES string of the molecule is CNCC(=O)N(CCN(C)C)Cc1ccc(F)cc1.Cl. The number of carbonyl (C=O) groups excluding carboxylic acids is 1. The van der Waals surface area contributed by atoms with E-state index in [0.717, 1.165) is 12.1 Å². The maximum Gasteiger partial charge on any atom is 0.236 e. The van der Waals surface area contributed by atoms with Crippen LogP contribution in [0.4, 0.5) is 4.39 Å². The summed E-state index contributed by atoms with van der Waals surface area (Å²) in [5.41, 5.74) is 0.935. The summed E-state index contributed by atoms with van der Waals surface area (Å²) in [6, 6.07) is 6.26. The molecule has 0 atom stereocenters. The van der Waals surface area contributed by atoms with Crippen LogP contribution in [0.25, 0.3) is 0 Å². The second-order valence-corrected chi connectivity index (χ2v) is 4.78. The number of benzene rings is 1. The van der Waals surface area contributed by atoms with Crippen LogP contribution < -0.4 is 5.32 Å². The van der Waals surface area contributed by atoms with Crippen LogP contribution in [0, 0.1) is 5.82 Å². The van der Waals surface area contributed by atoms with Crippen molar-refractivity contribution in [2.24, 2.45) is 0 Å². The van der Waals surface area contributed by atoms with E-state index in [1.54, 1.807) is 24.1 Å². The maximum atomic E-state index is 12.9. The van der Waals surface area contributed by atoms with E-state index in [1.807, 2.05) is 19.0 Å². The largest absolute Gasteiger partial charge is 0.336 e. The van der Waals surface area contributed by atoms with E-state index >= 15 is 0 Å². The number of hydrogen-bond acceptors (Lipinski definition) is 3. The fourth-order valence-electron chi connectivity index (χ4n) is 1.69. The van der Waals surface area contributed by atoms with Gasteiger partial charge in [-0.2, -0.15) is 0 Å². The van der Waals surface area contributed by atoms with Gasteiger partial charge in [0.1, 0.15) is 5.82 Å². The molecule has 0 aromatic heterocycles. The number of nitrogens with zero attached hydrogens (tertiary/aromatic N) is 2. The molecule has 0 aliphatic rings. The highest BCUT2D eigenvalue weighted by molar-refractivity contribution is 5.85. The highest BCUT2D eigenvalue weighted by atomic mass is 35.5. The molecule has 0 unspecified atom stereocenters. The minimum absolute atomic E-state index is 0. The molecule has 0 aliphatic carbocycles. The van der Waals surface area contributed by atoms with Gasteiger partial charge >= 0.3 is 0 Å². The van der Waals surface area contributed by atoms with E-state index in [1.165, 1.54) is 12.1 Å². The van der Waals surface area contributed by atoms with Crippen molar-refractivity contribution in [2.75, 3.05) is 40.8 Å². The van der Waals surface area contributed by atoms with E-state index in [4.69, 9.17) is 0 Å². The summed E-state index contributed by atoms with van der Waals surface area (Å²) in [5.74, 6) is -0.209. The summed E-state index contributed by atoms with van der Waals surface area (Å²) in [5, 5.41) is 2.87. The Kier molecular flexibility index (Phi) is 9.12. The topological polar surface area (TPSA) is 35.6 Å². The Morgan fingerprint density at radius 2 is 1.80 bits per heavy atom. The second kappa shape index (κ2) is 9.69. The molecule has 1 rings (SSSR count). The summed E-state index contributed by atoms with van der Waals surface area (Å²) in [4.78, 5) is 15.8. The van der Waals surface area contributed by atoms with Crippen molar-refractivity contribution in [3.05, 3.63) is 35.6 Å². The average molecular weight is 304 g/mol. The Morgan fingerprint density at radius 1 is 1.20 bits per heavy atom. The third kappa shape index (κ3) is 6.84. The van der Waals surface area contributed by atoms with Crippen molar-refractivity contribution in [3.8, 4) is 0 Å². The molecule has 20 heavy (non-hydrogen) atoms. The molecule has 0 heterocycles. The molecule has 0 fully saturated rings. The van der Waals surface area contributed by atoms with Gasteiger partial charge in [-0.25, -0.2) is 4.39 Å². The van der Waals surface area contributed by atoms with Gasteiger partial charge in [-0.05, 0) is 38.8 Å². The van der Waals surface area contributed by atoms with Crippen LogP contribution in [-0.4, -0.2) is 56.5 Å². The number of halogens is 2. The monoisotopic (exact) mass is 303 g/mol. The van der Waals surface area contributed by atoms with Crippen molar-refractivity contribution in [1.82, 2.24) is 15.1 Å². The van der Waals surface area contributed by atoms with E-state index in [0.29, 0.717) is 19.6 Å². The fraction of sp³-hybridized carbons (Fsp3) is 0.500. The van der Waals surface area contributed by atoms with Crippen molar-refractivity contribution >= 4 is 18.3 Å². The molecule has 4 nitrogen and oxygen atoms in total. The number of nitrogens with one attached hydrogen (secondary N) is 1. The second-order valence-electron chi connectivity index (χ2n) is 4.78. The molecule has 0 radical (unpaired) electrons. The van der Waals surface area contributed by atoms with Crippen molar-refractivity contribution in [1.29, 1.82) is 0 Å². The molecular weight excluding hydrogens is 281 g/mol. The zero-order chi connectivity index (χ0) is 14.3. The molecule has 0 saturated heterocycles. The highest BCUT2D eigenvalue weighted by Crippen LogP contribution is 2.07. The van der Waals surface area contributed by atoms with Gasteiger partial charge in [-0.15, -0.1) is 12.4 Å². The number of carbonyl (C=O) groups is 1. The van der Waals surface area contributed by atoms with Crippen LogP contribution in [0.2, 0.25) is 0 Å². The first-order valence-electron chi connectivity index (χ1n) is 6.34. The van der Waals surface area contributed by atoms with E-state index in [-0.39, 0.29) is 24.1 Å². The summed E-state index contributed by atoms with van der Waals surface area (Å²) < 4.78 is 12.9. The molecular formula is C14H23ClFN3O. The standard InChI is InChI=1S/C14H22FN3O.ClH/c1-16-10-14(19)18(9-8-17(2)3)11-12-4-6-13(15)7-5-12;/h4-7,16H,8-11H2,1-3H3;1H. The lowest BCUT2D eigenvalue weighted by Crippen LogP contribution is -2.40. The Bertz CT molecular complexity index is 398. The maximum absolute atomic E-state index is 12.9. The van der Waals surface area contributed by atoms with Crippen molar-refractivity contribution < 1.29 is 9.18 Å². The first-order chi connectivity index (χ1) is 9.02. The molecule has 0 spiro atoms. The Balaban J connectivity index is 0.00000361. The summed E-state index contributed by atoms with van der Waals surface area (Å²) in [7, 11) is 5.69. The van der Waals surface area contributed by atoms with Gasteiger partial charge in [0.05, 0.1) is 6.54 Å². The highest BCUT2D eigenvalue weighted by Gasteiger charge is 2.13. The first-order valence-corrected chi connectivity index (χ1v) is 6.34. The molecule has 6 heteroatoms. The summed E-state index contributed by atoms with van der Waals surface area (Å²) in [6.07, 6.45) is 0. The van der Waals surface area contributed by atoms with Gasteiger partial charge < -0.3 is 15.1 Å². The van der Waals surface area contributed by atoms with Gasteiger partial charge in [0.15, 0.2) is 0 Å². The lowest BCUT2D eigenvalue weighted by Gasteiger charge is -2.24. The lowest BCUT2D eigenvalue weighted by molar-refractivity contribution is -0.130. The predicted octanol–water partition coefficient (Wildman–Crippen LogP) is 1.36. The van der Waals surface area contributed by atoms with Crippen LogP contribution in [-0.2, 0) is 11.3 Å². The Labute approximate surface area is 126 Å². The van der Waals surface area contributed by atoms with E-state index in [2.05, 4.69) is 5.32 Å². The van der Waals surface area contributed by atoms with Gasteiger partial charge in [-0.1, -0.05) is 12.1 Å². The number of amides is 1. The number of likely N-dealkylation sites (N-methyl/N-ethyl adjacent to an activating group) is 2. The predicted molar refractivity (Wildman–Crippen MR) is 81.5 cm³/mol. The van der Waals surface area contributed by atoms with Gasteiger partial charge in [0, 0.05) is 19.6 Å². The van der Waals surface area contributed by atoms with Gasteiger partial charge in [0.25, 0.3) is 0 Å². The van der Waals surface area contributed by atoms with Crippen LogP contribution in [0.1, 0.15) is 5.56 Å². The summed E-state index contributed by atoms with van der Waals surface area (Å²) >= 11 is 0. The van der Waals surface area contributed by atoms with Crippen molar-refractivity contribution in [3.63, 3.8) is 0 Å². The lowest BCUT2D eigenvalue weighted by atomic mass is 10.2. The zero-order valence-corrected chi connectivity index (χ0v) is 13.0. The molecule has 1 aromatic carbocycles. The van der Waals surface area contributed by atoms with Crippen LogP contribution in [0.15, 0.2) is 24.3 Å². The smallest absolute Gasteiger partial charge is 0.236 e. The molecule has 1 amide bonds. The molecule has 1 aromatic rings. The van der Waals surface area contributed by atoms with E-state index in [9.17, 15) is 9.18 Å². The van der Waals surface area contributed by atoms with Crippen LogP contribution in [0.3, 0.4) is 0 Å². The van der Waals surface area contributed by atoms with Crippen molar-refractivity contribution in [2.45, 2.75) is 6.54 Å². The fourth-order valence-corrected chi connectivity index (χ4v) is 1.69. The third-order valence-corrected chi connectivity index (χ3v) is 2.78. The van der Waals surface area contributed by atoms with Crippen LogP contribution in [0.5, 0.6) is 0 Å². The molecule has 0 bridgehead atoms. The number of rotatable bonds is 7. The molecule has 1 N–H and O–H groups in total. The Morgan fingerprint density at radius 3 is 2.30 bits per heavy atom. The normalized spacial score (nSPS) is 10.2. The van der Waals surface area contributed by atoms with E-state index < -0.39 is 0 Å².